The van der Waals surface area contributed by atoms with Crippen molar-refractivity contribution in [2.24, 2.45) is 0 Å². The van der Waals surface area contributed by atoms with Gasteiger partial charge in [-0.25, -0.2) is 4.79 Å². The van der Waals surface area contributed by atoms with E-state index in [-0.39, 0.29) is 5.69 Å². The first-order chi connectivity index (χ1) is 8.20. The van der Waals surface area contributed by atoms with Crippen LogP contribution in [0.3, 0.4) is 0 Å². The first kappa shape index (κ1) is 11.4. The molecule has 17 heavy (non-hydrogen) atoms. The van der Waals surface area contributed by atoms with E-state index in [4.69, 9.17) is 9.26 Å². The Hall–Kier alpha value is -2.10. The molecule has 0 amide bonds. The van der Waals surface area contributed by atoms with Crippen LogP contribution in [-0.2, 0) is 4.74 Å². The third kappa shape index (κ3) is 2.53. The fourth-order valence-electron chi connectivity index (χ4n) is 1.51. The van der Waals surface area contributed by atoms with Gasteiger partial charge in [-0.15, -0.1) is 0 Å². The van der Waals surface area contributed by atoms with E-state index >= 15 is 0 Å². The van der Waals surface area contributed by atoms with Crippen molar-refractivity contribution in [1.82, 2.24) is 5.16 Å². The molecule has 0 atom stereocenters. The van der Waals surface area contributed by atoms with Gasteiger partial charge in [0.25, 0.3) is 0 Å². The molecule has 0 aliphatic rings. The number of benzene rings is 1. The molecule has 1 heterocycles. The van der Waals surface area contributed by atoms with Crippen molar-refractivity contribution < 1.29 is 14.1 Å². The molecule has 0 N–H and O–H groups in total. The quantitative estimate of drug-likeness (QED) is 0.762. The summed E-state index contributed by atoms with van der Waals surface area (Å²) < 4.78 is 9.96. The van der Waals surface area contributed by atoms with Crippen LogP contribution in [0.2, 0.25) is 0 Å². The number of esters is 1. The summed E-state index contributed by atoms with van der Waals surface area (Å²) in [4.78, 5) is 11.4. The van der Waals surface area contributed by atoms with Crippen LogP contribution in [0, 0.1) is 6.92 Å². The first-order valence-corrected chi connectivity index (χ1v) is 5.41. The summed E-state index contributed by atoms with van der Waals surface area (Å²) in [7, 11) is 0. The average molecular weight is 231 g/mol. The lowest BCUT2D eigenvalue weighted by Crippen LogP contribution is -2.04. The Bertz CT molecular complexity index is 531. The molecule has 4 heteroatoms. The fraction of sp³-hybridized carbons (Fsp3) is 0.231. The summed E-state index contributed by atoms with van der Waals surface area (Å²) in [5.74, 6) is 0.104. The molecule has 2 aromatic rings. The molecule has 0 aliphatic heterocycles. The highest BCUT2D eigenvalue weighted by Crippen LogP contribution is 2.21. The van der Waals surface area contributed by atoms with Gasteiger partial charge in [-0.05, 0) is 19.9 Å². The summed E-state index contributed by atoms with van der Waals surface area (Å²) in [5.41, 5.74) is 2.22. The first-order valence-electron chi connectivity index (χ1n) is 5.41. The Morgan fingerprint density at radius 1 is 1.41 bits per heavy atom. The maximum absolute atomic E-state index is 11.4. The smallest absolute Gasteiger partial charge is 0.360 e. The second-order valence-electron chi connectivity index (χ2n) is 3.67. The number of aromatic nitrogens is 1. The van der Waals surface area contributed by atoms with Crippen molar-refractivity contribution in [3.63, 3.8) is 0 Å². The van der Waals surface area contributed by atoms with Crippen LogP contribution in [0.1, 0.15) is 23.0 Å². The number of nitrogens with zero attached hydrogens (tertiary/aromatic N) is 1. The van der Waals surface area contributed by atoms with E-state index in [1.165, 1.54) is 0 Å². The molecule has 0 saturated carbocycles. The van der Waals surface area contributed by atoms with Gasteiger partial charge in [-0.3, -0.25) is 0 Å². The van der Waals surface area contributed by atoms with Crippen LogP contribution < -0.4 is 0 Å². The molecule has 1 aromatic carbocycles. The van der Waals surface area contributed by atoms with Gasteiger partial charge in [0, 0.05) is 11.6 Å². The average Bonchev–Trinajstić information content (AvgIpc) is 2.78. The monoisotopic (exact) mass is 231 g/mol. The van der Waals surface area contributed by atoms with E-state index < -0.39 is 5.97 Å². The minimum atomic E-state index is -0.463. The fourth-order valence-corrected chi connectivity index (χ4v) is 1.51. The molecule has 2 rings (SSSR count). The van der Waals surface area contributed by atoms with Gasteiger partial charge in [-0.2, -0.15) is 0 Å². The number of hydrogen-bond donors (Lipinski definition) is 0. The maximum Gasteiger partial charge on any atom is 0.360 e. The summed E-state index contributed by atoms with van der Waals surface area (Å²) in [6, 6.07) is 9.38. The van der Waals surface area contributed by atoms with E-state index in [1.54, 1.807) is 13.0 Å². The molecule has 0 fully saturated rings. The lowest BCUT2D eigenvalue weighted by molar-refractivity contribution is 0.0514. The molecule has 0 bridgehead atoms. The largest absolute Gasteiger partial charge is 0.461 e. The second-order valence-corrected chi connectivity index (χ2v) is 3.67. The van der Waals surface area contributed by atoms with Crippen molar-refractivity contribution in [2.75, 3.05) is 6.61 Å². The van der Waals surface area contributed by atoms with E-state index in [1.807, 2.05) is 31.2 Å². The molecule has 0 aliphatic carbocycles. The number of ether oxygens (including phenoxy) is 1. The highest BCUT2D eigenvalue weighted by Gasteiger charge is 2.14. The zero-order chi connectivity index (χ0) is 12.3. The van der Waals surface area contributed by atoms with Crippen LogP contribution in [0.25, 0.3) is 11.3 Å². The predicted octanol–water partition coefficient (Wildman–Crippen LogP) is 2.83. The zero-order valence-corrected chi connectivity index (χ0v) is 9.77. The van der Waals surface area contributed by atoms with Gasteiger partial charge >= 0.3 is 5.97 Å². The Morgan fingerprint density at radius 2 is 2.24 bits per heavy atom. The highest BCUT2D eigenvalue weighted by molar-refractivity contribution is 5.88. The molecule has 0 unspecified atom stereocenters. The summed E-state index contributed by atoms with van der Waals surface area (Å²) in [6.45, 7) is 4.07. The van der Waals surface area contributed by atoms with Crippen molar-refractivity contribution in [1.29, 1.82) is 0 Å². The van der Waals surface area contributed by atoms with Gasteiger partial charge in [0.1, 0.15) is 0 Å². The third-order valence-electron chi connectivity index (χ3n) is 2.30. The topological polar surface area (TPSA) is 52.3 Å². The van der Waals surface area contributed by atoms with Crippen LogP contribution in [0.4, 0.5) is 0 Å². The number of carbonyl (C=O) groups excluding carboxylic acids is 1. The number of carbonyl (C=O) groups is 1. The van der Waals surface area contributed by atoms with Crippen molar-refractivity contribution in [2.45, 2.75) is 13.8 Å². The number of aryl methyl sites for hydroxylation is 1. The molecule has 88 valence electrons. The number of hydrogen-bond acceptors (Lipinski definition) is 4. The Morgan fingerprint density at radius 3 is 2.94 bits per heavy atom. The van der Waals surface area contributed by atoms with Gasteiger partial charge in [0.15, 0.2) is 11.5 Å². The van der Waals surface area contributed by atoms with Gasteiger partial charge < -0.3 is 9.26 Å². The zero-order valence-electron chi connectivity index (χ0n) is 9.77. The van der Waals surface area contributed by atoms with Crippen molar-refractivity contribution in [3.05, 3.63) is 41.6 Å². The molecule has 0 spiro atoms. The van der Waals surface area contributed by atoms with E-state index in [0.717, 1.165) is 11.1 Å². The molecule has 4 nitrogen and oxygen atoms in total. The van der Waals surface area contributed by atoms with E-state index in [2.05, 4.69) is 5.16 Å². The lowest BCUT2D eigenvalue weighted by Gasteiger charge is -1.96. The van der Waals surface area contributed by atoms with Gasteiger partial charge in [0.05, 0.1) is 6.61 Å². The Labute approximate surface area is 99.2 Å². The van der Waals surface area contributed by atoms with E-state index in [0.29, 0.717) is 12.4 Å². The SMILES string of the molecule is CCOC(=O)c1cc(-c2cccc(C)c2)on1. The Balaban J connectivity index is 2.27. The molecule has 1 aromatic heterocycles. The van der Waals surface area contributed by atoms with Gasteiger partial charge in [0.2, 0.25) is 0 Å². The standard InChI is InChI=1S/C13H13NO3/c1-3-16-13(15)11-8-12(17-14-11)10-6-4-5-9(2)7-10/h4-8H,3H2,1-2H3. The van der Waals surface area contributed by atoms with Crippen molar-refractivity contribution in [3.8, 4) is 11.3 Å². The minimum absolute atomic E-state index is 0.198. The third-order valence-corrected chi connectivity index (χ3v) is 2.30. The van der Waals surface area contributed by atoms with Crippen LogP contribution >= 0.6 is 0 Å². The van der Waals surface area contributed by atoms with Gasteiger partial charge in [-0.1, -0.05) is 28.9 Å². The van der Waals surface area contributed by atoms with Crippen LogP contribution in [0.15, 0.2) is 34.9 Å². The van der Waals surface area contributed by atoms with E-state index in [9.17, 15) is 4.79 Å². The highest BCUT2D eigenvalue weighted by atomic mass is 16.5. The molecule has 0 radical (unpaired) electrons. The lowest BCUT2D eigenvalue weighted by atomic mass is 10.1. The second kappa shape index (κ2) is 4.82. The normalized spacial score (nSPS) is 10.2. The van der Waals surface area contributed by atoms with Crippen LogP contribution in [-0.4, -0.2) is 17.7 Å². The summed E-state index contributed by atoms with van der Waals surface area (Å²) in [5, 5.41) is 3.69. The summed E-state index contributed by atoms with van der Waals surface area (Å²) in [6.07, 6.45) is 0. The molecular formula is C13H13NO3. The summed E-state index contributed by atoms with van der Waals surface area (Å²) >= 11 is 0. The van der Waals surface area contributed by atoms with Crippen LogP contribution in [0.5, 0.6) is 0 Å². The number of rotatable bonds is 3. The minimum Gasteiger partial charge on any atom is -0.461 e. The molecule has 0 saturated heterocycles. The maximum atomic E-state index is 11.4. The Kier molecular flexibility index (Phi) is 3.23. The molecular weight excluding hydrogens is 218 g/mol. The van der Waals surface area contributed by atoms with Crippen molar-refractivity contribution >= 4 is 5.97 Å². The predicted molar refractivity (Wildman–Crippen MR) is 62.6 cm³/mol.